The van der Waals surface area contributed by atoms with E-state index in [1.165, 1.54) is 0 Å². The van der Waals surface area contributed by atoms with Crippen molar-refractivity contribution in [3.63, 3.8) is 0 Å². The number of amides is 1. The summed E-state index contributed by atoms with van der Waals surface area (Å²) in [5.41, 5.74) is 4.09. The van der Waals surface area contributed by atoms with Gasteiger partial charge in [0.2, 0.25) is 0 Å². The van der Waals surface area contributed by atoms with Crippen molar-refractivity contribution in [2.24, 2.45) is 0 Å². The predicted molar refractivity (Wildman–Crippen MR) is 137 cm³/mol. The lowest BCUT2D eigenvalue weighted by Gasteiger charge is -2.26. The van der Waals surface area contributed by atoms with Crippen LogP contribution in [-0.2, 0) is 16.0 Å². The minimum Gasteiger partial charge on any atom is -0.494 e. The van der Waals surface area contributed by atoms with Gasteiger partial charge < -0.3 is 20.1 Å². The first-order valence-corrected chi connectivity index (χ1v) is 12.2. The number of hydrogen-bond acceptors (Lipinski definition) is 6. The van der Waals surface area contributed by atoms with E-state index in [0.29, 0.717) is 29.4 Å². The van der Waals surface area contributed by atoms with Gasteiger partial charge in [-0.25, -0.2) is 0 Å². The van der Waals surface area contributed by atoms with Crippen molar-refractivity contribution in [3.05, 3.63) is 76.6 Å². The molecule has 3 heterocycles. The average Bonchev–Trinajstić information content (AvgIpc) is 3.45. The van der Waals surface area contributed by atoms with Crippen LogP contribution in [0.5, 0.6) is 5.75 Å². The van der Waals surface area contributed by atoms with Crippen molar-refractivity contribution in [1.82, 2.24) is 15.1 Å². The summed E-state index contributed by atoms with van der Waals surface area (Å²) in [5, 5.41) is 13.9. The molecule has 0 saturated carbocycles. The lowest BCUT2D eigenvalue weighted by atomic mass is 10.1. The number of carbonyl (C=O) groups is 1. The summed E-state index contributed by atoms with van der Waals surface area (Å²) >= 11 is 6.09. The molecule has 1 saturated heterocycles. The number of ether oxygens (including phenoxy) is 2. The number of hydrogen-bond donors (Lipinski definition) is 3. The van der Waals surface area contributed by atoms with Crippen molar-refractivity contribution >= 4 is 34.6 Å². The van der Waals surface area contributed by atoms with E-state index < -0.39 is 0 Å². The maximum Gasteiger partial charge on any atom is 0.257 e. The Labute approximate surface area is 209 Å². The van der Waals surface area contributed by atoms with Crippen molar-refractivity contribution in [2.75, 3.05) is 50.1 Å². The molecular weight excluding hydrogens is 466 g/mol. The van der Waals surface area contributed by atoms with E-state index in [-0.39, 0.29) is 5.91 Å². The lowest BCUT2D eigenvalue weighted by molar-refractivity contribution is -0.110. The Morgan fingerprint density at radius 2 is 1.97 bits per heavy atom. The van der Waals surface area contributed by atoms with E-state index in [2.05, 4.69) is 37.9 Å². The summed E-state index contributed by atoms with van der Waals surface area (Å²) < 4.78 is 11.3. The zero-order chi connectivity index (χ0) is 24.0. The second kappa shape index (κ2) is 10.9. The van der Waals surface area contributed by atoms with Crippen molar-refractivity contribution in [1.29, 1.82) is 0 Å². The number of rotatable bonds is 9. The molecule has 5 rings (SSSR count). The molecule has 0 radical (unpaired) electrons. The molecule has 1 aromatic heterocycles. The third kappa shape index (κ3) is 6.03. The van der Waals surface area contributed by atoms with Gasteiger partial charge in [0.1, 0.15) is 11.6 Å². The molecule has 0 unspecified atom stereocenters. The highest BCUT2D eigenvalue weighted by atomic mass is 35.5. The van der Waals surface area contributed by atoms with Crippen LogP contribution >= 0.6 is 11.6 Å². The monoisotopic (exact) mass is 493 g/mol. The van der Waals surface area contributed by atoms with Gasteiger partial charge in [-0.05, 0) is 42.3 Å². The molecule has 3 N–H and O–H groups in total. The molecule has 0 aliphatic carbocycles. The summed E-state index contributed by atoms with van der Waals surface area (Å²) in [6, 6.07) is 15.4. The van der Waals surface area contributed by atoms with Crippen LogP contribution in [0.1, 0.15) is 23.2 Å². The van der Waals surface area contributed by atoms with Crippen LogP contribution in [0, 0.1) is 0 Å². The van der Waals surface area contributed by atoms with E-state index in [4.69, 9.17) is 21.1 Å². The van der Waals surface area contributed by atoms with Crippen LogP contribution in [0.25, 0.3) is 5.57 Å². The van der Waals surface area contributed by atoms with Gasteiger partial charge in [-0.15, -0.1) is 0 Å². The zero-order valence-corrected chi connectivity index (χ0v) is 20.1. The van der Waals surface area contributed by atoms with Gasteiger partial charge >= 0.3 is 0 Å². The number of benzene rings is 2. The highest BCUT2D eigenvalue weighted by Crippen LogP contribution is 2.33. The molecule has 1 fully saturated rings. The molecule has 8 nitrogen and oxygen atoms in total. The quantitative estimate of drug-likeness (QED) is 0.306. The summed E-state index contributed by atoms with van der Waals surface area (Å²) in [6.45, 7) is 5.42. The standard InChI is InChI=1S/C26H28ClN5O3/c27-19-4-7-24-22(15-19)23(26(33)29-24)17-28-25-16-20(30-31-25)14-18-2-5-21(6-3-18)35-11-1-8-32-9-12-34-13-10-32/h2-7,15-17H,1,8-14H2,(H,29,33)(H2,28,30,31)/b23-17+. The second-order valence-corrected chi connectivity index (χ2v) is 9.03. The smallest absolute Gasteiger partial charge is 0.257 e. The van der Waals surface area contributed by atoms with Gasteiger partial charge in [0.05, 0.1) is 31.1 Å². The predicted octanol–water partition coefficient (Wildman–Crippen LogP) is 4.16. The second-order valence-electron chi connectivity index (χ2n) is 8.60. The Balaban J connectivity index is 1.11. The van der Waals surface area contributed by atoms with E-state index in [9.17, 15) is 4.79 Å². The molecule has 2 aliphatic rings. The number of carbonyl (C=O) groups excluding carboxylic acids is 1. The Morgan fingerprint density at radius 1 is 1.14 bits per heavy atom. The van der Waals surface area contributed by atoms with Crippen molar-refractivity contribution < 1.29 is 14.3 Å². The number of fused-ring (bicyclic) bond motifs is 1. The van der Waals surface area contributed by atoms with Crippen LogP contribution in [0.3, 0.4) is 0 Å². The Hall–Kier alpha value is -3.33. The van der Waals surface area contributed by atoms with E-state index in [1.807, 2.05) is 18.2 Å². The maximum absolute atomic E-state index is 12.3. The molecule has 182 valence electrons. The Bertz CT molecular complexity index is 1200. The van der Waals surface area contributed by atoms with Gasteiger partial charge in [0.15, 0.2) is 0 Å². The molecule has 3 aromatic rings. The topological polar surface area (TPSA) is 91.5 Å². The fourth-order valence-electron chi connectivity index (χ4n) is 4.20. The minimum atomic E-state index is -0.169. The van der Waals surface area contributed by atoms with Gasteiger partial charge in [-0.2, -0.15) is 5.10 Å². The minimum absolute atomic E-state index is 0.169. The normalized spacial score (nSPS) is 16.8. The zero-order valence-electron chi connectivity index (χ0n) is 19.4. The Morgan fingerprint density at radius 3 is 2.80 bits per heavy atom. The van der Waals surface area contributed by atoms with Crippen LogP contribution in [-0.4, -0.2) is 60.5 Å². The van der Waals surface area contributed by atoms with Crippen molar-refractivity contribution in [3.8, 4) is 5.75 Å². The van der Waals surface area contributed by atoms with Crippen LogP contribution < -0.4 is 15.4 Å². The number of nitrogens with zero attached hydrogens (tertiary/aromatic N) is 2. The van der Waals surface area contributed by atoms with Crippen LogP contribution in [0.15, 0.2) is 54.7 Å². The van der Waals surface area contributed by atoms with Gasteiger partial charge in [0, 0.05) is 54.6 Å². The first kappa shape index (κ1) is 23.4. The first-order chi connectivity index (χ1) is 17.1. The molecule has 0 atom stereocenters. The number of H-pyrrole nitrogens is 1. The average molecular weight is 494 g/mol. The number of morpholine rings is 1. The number of halogens is 1. The third-order valence-electron chi connectivity index (χ3n) is 6.07. The fraction of sp³-hybridized carbons (Fsp3) is 0.308. The van der Waals surface area contributed by atoms with Gasteiger partial charge in [0.25, 0.3) is 5.91 Å². The molecule has 2 aliphatic heterocycles. The summed E-state index contributed by atoms with van der Waals surface area (Å²) in [5.74, 6) is 1.41. The van der Waals surface area contributed by atoms with Gasteiger partial charge in [-0.3, -0.25) is 14.8 Å². The molecular formula is C26H28ClN5O3. The third-order valence-corrected chi connectivity index (χ3v) is 6.30. The summed E-state index contributed by atoms with van der Waals surface area (Å²) in [6.07, 6.45) is 3.35. The molecule has 2 aromatic carbocycles. The molecule has 1 amide bonds. The molecule has 0 bridgehead atoms. The largest absolute Gasteiger partial charge is 0.494 e. The van der Waals surface area contributed by atoms with Crippen LogP contribution in [0.4, 0.5) is 11.5 Å². The summed E-state index contributed by atoms with van der Waals surface area (Å²) in [4.78, 5) is 14.7. The maximum atomic E-state index is 12.3. The summed E-state index contributed by atoms with van der Waals surface area (Å²) in [7, 11) is 0. The van der Waals surface area contributed by atoms with Crippen LogP contribution in [0.2, 0.25) is 5.02 Å². The number of anilines is 2. The fourth-order valence-corrected chi connectivity index (χ4v) is 4.37. The number of nitrogens with one attached hydrogen (secondary N) is 3. The molecule has 35 heavy (non-hydrogen) atoms. The number of aromatic amines is 1. The molecule has 9 heteroatoms. The highest BCUT2D eigenvalue weighted by Gasteiger charge is 2.24. The lowest BCUT2D eigenvalue weighted by Crippen LogP contribution is -2.37. The van der Waals surface area contributed by atoms with Crippen molar-refractivity contribution in [2.45, 2.75) is 12.8 Å². The highest BCUT2D eigenvalue weighted by molar-refractivity contribution is 6.34. The molecule has 0 spiro atoms. The van der Waals surface area contributed by atoms with Gasteiger partial charge in [-0.1, -0.05) is 23.7 Å². The number of aromatic nitrogens is 2. The van der Waals surface area contributed by atoms with E-state index in [0.717, 1.165) is 67.5 Å². The van der Waals surface area contributed by atoms with E-state index in [1.54, 1.807) is 24.4 Å². The van der Waals surface area contributed by atoms with E-state index >= 15 is 0 Å². The first-order valence-electron chi connectivity index (χ1n) is 11.8. The SMILES string of the molecule is O=C1Nc2ccc(Cl)cc2/C1=C\Nc1cc(Cc2ccc(OCCCN3CCOCC3)cc2)n[nH]1. The Kier molecular flexibility index (Phi) is 7.32.